The highest BCUT2D eigenvalue weighted by Crippen LogP contribution is 2.63. The lowest BCUT2D eigenvalue weighted by Crippen LogP contribution is -2.40. The van der Waals surface area contributed by atoms with Crippen molar-refractivity contribution < 1.29 is 9.84 Å². The molecule has 96 valence electrons. The van der Waals surface area contributed by atoms with Crippen LogP contribution < -0.4 is 0 Å². The summed E-state index contributed by atoms with van der Waals surface area (Å²) in [4.78, 5) is 0. The molecule has 0 radical (unpaired) electrons. The second kappa shape index (κ2) is 3.83. The summed E-state index contributed by atoms with van der Waals surface area (Å²) in [5.41, 5.74) is 1.34. The number of hydrogen-bond acceptors (Lipinski definition) is 2. The van der Waals surface area contributed by atoms with E-state index in [2.05, 4.69) is 20.4 Å². The van der Waals surface area contributed by atoms with Crippen LogP contribution in [0, 0.1) is 23.2 Å². The Kier molecular flexibility index (Phi) is 2.64. The Hall–Kier alpha value is -0.340. The van der Waals surface area contributed by atoms with Gasteiger partial charge in [0.25, 0.3) is 0 Å². The molecule has 0 amide bonds. The first-order valence-electron chi connectivity index (χ1n) is 6.99. The van der Waals surface area contributed by atoms with Crippen LogP contribution in [0.25, 0.3) is 0 Å². The summed E-state index contributed by atoms with van der Waals surface area (Å²) in [6, 6.07) is 0. The number of ether oxygens (including phenoxy) is 1. The fourth-order valence-corrected chi connectivity index (χ4v) is 4.04. The molecule has 1 heterocycles. The smallest absolute Gasteiger partial charge is 0.0783 e. The molecule has 2 aliphatic carbocycles. The van der Waals surface area contributed by atoms with Gasteiger partial charge in [-0.05, 0) is 48.5 Å². The van der Waals surface area contributed by atoms with Gasteiger partial charge in [-0.15, -0.1) is 0 Å². The molecule has 0 aromatic rings. The zero-order valence-corrected chi connectivity index (χ0v) is 11.0. The van der Waals surface area contributed by atoms with E-state index in [0.29, 0.717) is 23.4 Å². The first-order valence-corrected chi connectivity index (χ1v) is 6.99. The summed E-state index contributed by atoms with van der Waals surface area (Å²) < 4.78 is 5.63. The molecular formula is C15H24O2. The minimum Gasteiger partial charge on any atom is -0.388 e. The molecule has 1 aliphatic heterocycles. The third kappa shape index (κ3) is 1.77. The predicted molar refractivity (Wildman–Crippen MR) is 67.6 cm³/mol. The summed E-state index contributed by atoms with van der Waals surface area (Å²) in [5, 5.41) is 10.4. The molecule has 3 aliphatic rings. The van der Waals surface area contributed by atoms with Crippen molar-refractivity contribution >= 4 is 0 Å². The van der Waals surface area contributed by atoms with Gasteiger partial charge in [0.1, 0.15) is 0 Å². The van der Waals surface area contributed by atoms with E-state index in [0.717, 1.165) is 30.9 Å². The van der Waals surface area contributed by atoms with Gasteiger partial charge < -0.3 is 9.84 Å². The average molecular weight is 236 g/mol. The SMILES string of the molecule is C=C1CC[C@H]2OC[C@@H]2CC[C@@H]2[C@@H]([C@H]1O)C2(C)C. The van der Waals surface area contributed by atoms with Gasteiger partial charge in [-0.3, -0.25) is 0 Å². The molecule has 2 nitrogen and oxygen atoms in total. The van der Waals surface area contributed by atoms with Gasteiger partial charge in [-0.2, -0.15) is 0 Å². The zero-order chi connectivity index (χ0) is 12.2. The first-order chi connectivity index (χ1) is 8.01. The molecule has 0 unspecified atom stereocenters. The highest BCUT2D eigenvalue weighted by molar-refractivity contribution is 5.18. The van der Waals surface area contributed by atoms with Gasteiger partial charge in [0.2, 0.25) is 0 Å². The lowest BCUT2D eigenvalue weighted by molar-refractivity contribution is -0.122. The summed E-state index contributed by atoms with van der Waals surface area (Å²) in [6.45, 7) is 9.64. The highest BCUT2D eigenvalue weighted by Gasteiger charge is 2.60. The van der Waals surface area contributed by atoms with Crippen LogP contribution in [0.2, 0.25) is 0 Å². The molecule has 0 spiro atoms. The van der Waals surface area contributed by atoms with Crippen molar-refractivity contribution in [3.8, 4) is 0 Å². The normalized spacial score (nSPS) is 48.6. The fourth-order valence-electron chi connectivity index (χ4n) is 4.04. The van der Waals surface area contributed by atoms with E-state index in [9.17, 15) is 5.11 Å². The van der Waals surface area contributed by atoms with E-state index in [1.807, 2.05) is 0 Å². The van der Waals surface area contributed by atoms with Crippen molar-refractivity contribution in [2.45, 2.75) is 51.7 Å². The number of rotatable bonds is 0. The van der Waals surface area contributed by atoms with Gasteiger partial charge in [-0.25, -0.2) is 0 Å². The maximum Gasteiger partial charge on any atom is 0.0783 e. The molecule has 1 saturated heterocycles. The Balaban J connectivity index is 1.75. The third-order valence-electron chi connectivity index (χ3n) is 5.55. The van der Waals surface area contributed by atoms with E-state index < -0.39 is 0 Å². The van der Waals surface area contributed by atoms with Crippen LogP contribution in [0.3, 0.4) is 0 Å². The lowest BCUT2D eigenvalue weighted by atomic mass is 9.85. The third-order valence-corrected chi connectivity index (χ3v) is 5.55. The van der Waals surface area contributed by atoms with Crippen molar-refractivity contribution in [1.29, 1.82) is 0 Å². The first kappa shape index (κ1) is 11.7. The van der Waals surface area contributed by atoms with Crippen molar-refractivity contribution in [2.24, 2.45) is 23.2 Å². The number of hydrogen-bond donors (Lipinski definition) is 1. The molecular weight excluding hydrogens is 212 g/mol. The monoisotopic (exact) mass is 236 g/mol. The molecule has 0 bridgehead atoms. The Morgan fingerprint density at radius 3 is 2.71 bits per heavy atom. The van der Waals surface area contributed by atoms with Crippen LogP contribution in [0.5, 0.6) is 0 Å². The summed E-state index contributed by atoms with van der Waals surface area (Å²) in [5.74, 6) is 1.91. The Morgan fingerprint density at radius 2 is 2.06 bits per heavy atom. The van der Waals surface area contributed by atoms with E-state index in [4.69, 9.17) is 4.74 Å². The van der Waals surface area contributed by atoms with Crippen LogP contribution in [0.1, 0.15) is 39.5 Å². The Bertz CT molecular complexity index is 334. The molecule has 0 aromatic carbocycles. The quantitative estimate of drug-likeness (QED) is 0.655. The van der Waals surface area contributed by atoms with Gasteiger partial charge in [0, 0.05) is 5.92 Å². The molecule has 3 fully saturated rings. The van der Waals surface area contributed by atoms with Gasteiger partial charge >= 0.3 is 0 Å². The molecule has 0 aromatic heterocycles. The van der Waals surface area contributed by atoms with Crippen LogP contribution in [0.4, 0.5) is 0 Å². The topological polar surface area (TPSA) is 29.5 Å². The van der Waals surface area contributed by atoms with E-state index in [1.54, 1.807) is 0 Å². The maximum absolute atomic E-state index is 10.4. The van der Waals surface area contributed by atoms with E-state index >= 15 is 0 Å². The summed E-state index contributed by atoms with van der Waals surface area (Å²) in [7, 11) is 0. The molecule has 1 N–H and O–H groups in total. The fraction of sp³-hybridized carbons (Fsp3) is 0.867. The van der Waals surface area contributed by atoms with E-state index in [-0.39, 0.29) is 6.10 Å². The lowest BCUT2D eigenvalue weighted by Gasteiger charge is -2.38. The van der Waals surface area contributed by atoms with Gasteiger partial charge in [0.15, 0.2) is 0 Å². The van der Waals surface area contributed by atoms with Gasteiger partial charge in [-0.1, -0.05) is 20.4 Å². The number of fused-ring (bicyclic) bond motifs is 2. The maximum atomic E-state index is 10.4. The van der Waals surface area contributed by atoms with Crippen LogP contribution in [-0.2, 0) is 4.74 Å². The molecule has 3 rings (SSSR count). The zero-order valence-electron chi connectivity index (χ0n) is 11.0. The van der Waals surface area contributed by atoms with Crippen molar-refractivity contribution in [1.82, 2.24) is 0 Å². The number of aliphatic hydroxyl groups excluding tert-OH is 1. The Morgan fingerprint density at radius 1 is 1.29 bits per heavy atom. The molecule has 2 heteroatoms. The van der Waals surface area contributed by atoms with Crippen molar-refractivity contribution in [3.63, 3.8) is 0 Å². The molecule has 17 heavy (non-hydrogen) atoms. The van der Waals surface area contributed by atoms with Crippen LogP contribution in [0.15, 0.2) is 12.2 Å². The highest BCUT2D eigenvalue weighted by atomic mass is 16.5. The largest absolute Gasteiger partial charge is 0.388 e. The average Bonchev–Trinajstić information content (AvgIpc) is 2.77. The van der Waals surface area contributed by atoms with E-state index in [1.165, 1.54) is 12.8 Å². The minimum atomic E-state index is -0.286. The van der Waals surface area contributed by atoms with Crippen molar-refractivity contribution in [3.05, 3.63) is 12.2 Å². The van der Waals surface area contributed by atoms with Crippen LogP contribution >= 0.6 is 0 Å². The predicted octanol–water partition coefficient (Wildman–Crippen LogP) is 2.76. The Labute approximate surface area is 104 Å². The second-order valence-corrected chi connectivity index (χ2v) is 6.80. The van der Waals surface area contributed by atoms with Gasteiger partial charge in [0.05, 0.1) is 18.8 Å². The summed E-state index contributed by atoms with van der Waals surface area (Å²) in [6.07, 6.45) is 4.69. The minimum absolute atomic E-state index is 0.286. The molecule has 2 saturated carbocycles. The standard InChI is InChI=1S/C15H24O2/c1-9-4-7-12-10(8-17-12)5-6-11-13(14(9)16)15(11,2)3/h10-14,16H,1,4-8H2,2-3H3/t10-,11+,12+,13-,14-/m0/s1. The van der Waals surface area contributed by atoms with Crippen LogP contribution in [-0.4, -0.2) is 23.9 Å². The number of aliphatic hydroxyl groups is 1. The second-order valence-electron chi connectivity index (χ2n) is 6.80. The summed E-state index contributed by atoms with van der Waals surface area (Å²) >= 11 is 0. The van der Waals surface area contributed by atoms with Crippen molar-refractivity contribution in [2.75, 3.05) is 6.61 Å². The molecule has 5 atom stereocenters.